The molecule has 0 fully saturated rings. The van der Waals surface area contributed by atoms with Crippen LogP contribution >= 0.6 is 0 Å². The molecule has 0 bridgehead atoms. The summed E-state index contributed by atoms with van der Waals surface area (Å²) in [5.74, 6) is -0.730. The first-order valence-electron chi connectivity index (χ1n) is 13.4. The summed E-state index contributed by atoms with van der Waals surface area (Å²) in [4.78, 5) is 11.6. The van der Waals surface area contributed by atoms with Crippen molar-refractivity contribution in [1.82, 2.24) is 0 Å². The molecule has 210 valence electrons. The average molecular weight is 541 g/mol. The first kappa shape index (κ1) is 35.0. The van der Waals surface area contributed by atoms with Crippen LogP contribution in [0.2, 0.25) is 34.8 Å². The molecular weight excluding hydrogens is 484 g/mol. The van der Waals surface area contributed by atoms with Crippen LogP contribution in [0.1, 0.15) is 76.2 Å². The van der Waals surface area contributed by atoms with Crippen LogP contribution in [0.4, 0.5) is 0 Å². The molecule has 0 radical (unpaired) electrons. The van der Waals surface area contributed by atoms with Gasteiger partial charge in [0, 0.05) is 12.0 Å². The second-order valence-corrected chi connectivity index (χ2v) is 22.7. The minimum Gasteiger partial charge on any atom is -0.466 e. The van der Waals surface area contributed by atoms with E-state index in [1.54, 1.807) is 0 Å². The van der Waals surface area contributed by atoms with Crippen LogP contribution in [0.15, 0.2) is 36.0 Å². The monoisotopic (exact) mass is 540 g/mol. The second kappa shape index (κ2) is 14.8. The molecule has 0 unspecified atom stereocenters. The molecule has 0 aliphatic carbocycles. The zero-order chi connectivity index (χ0) is 28.5. The summed E-state index contributed by atoms with van der Waals surface area (Å²) in [6, 6.07) is 0. The van der Waals surface area contributed by atoms with Crippen molar-refractivity contribution >= 4 is 22.6 Å². The summed E-state index contributed by atoms with van der Waals surface area (Å²) in [6.45, 7) is 29.4. The van der Waals surface area contributed by atoms with Crippen molar-refractivity contribution in [2.45, 2.75) is 123 Å². The first-order valence-corrected chi connectivity index (χ1v) is 18.5. The van der Waals surface area contributed by atoms with Gasteiger partial charge in [0.15, 0.2) is 8.32 Å². The number of carbonyl (C=O) groups is 1. The molecule has 36 heavy (non-hydrogen) atoms. The SMILES string of the molecule is COC(=O)/C=C/[C@H](O)[C@H](C)[C@H](/C=C/C(C)=C/CO[Si](C)(C)C(C)(C)C)O[Si](C(C)C)(C(C)C)C(C)C. The highest BCUT2D eigenvalue weighted by atomic mass is 28.4. The predicted octanol–water partition coefficient (Wildman–Crippen LogP) is 7.80. The number of hydrogen-bond acceptors (Lipinski definition) is 5. The summed E-state index contributed by atoms with van der Waals surface area (Å²) < 4.78 is 18.1. The third-order valence-electron chi connectivity index (χ3n) is 7.94. The quantitative estimate of drug-likeness (QED) is 0.105. The van der Waals surface area contributed by atoms with E-state index in [0.29, 0.717) is 23.2 Å². The van der Waals surface area contributed by atoms with E-state index >= 15 is 0 Å². The smallest absolute Gasteiger partial charge is 0.330 e. The standard InChI is InChI=1S/C29H56O5Si2/c1-21(2)36(22(3)4,23(5)6)34-27(25(8)26(30)16-18-28(31)32-12)17-15-24(7)19-20-33-35(13,14)29(9,10)11/h15-19,21-23,25-27,30H,20H2,1-14H3/b17-15+,18-16+,24-19+/t25-,26-,27-/m0/s1. The van der Waals surface area contributed by atoms with Gasteiger partial charge in [-0.25, -0.2) is 4.79 Å². The van der Waals surface area contributed by atoms with Crippen molar-refractivity contribution in [1.29, 1.82) is 0 Å². The summed E-state index contributed by atoms with van der Waals surface area (Å²) in [5, 5.41) is 11.1. The molecule has 0 amide bonds. The minimum absolute atomic E-state index is 0.172. The molecule has 5 nitrogen and oxygen atoms in total. The van der Waals surface area contributed by atoms with E-state index in [2.05, 4.69) is 105 Å². The van der Waals surface area contributed by atoms with Crippen molar-refractivity contribution in [2.24, 2.45) is 5.92 Å². The Morgan fingerprint density at radius 1 is 0.917 bits per heavy atom. The molecule has 0 spiro atoms. The molecule has 3 atom stereocenters. The predicted molar refractivity (Wildman–Crippen MR) is 158 cm³/mol. The van der Waals surface area contributed by atoms with E-state index in [0.717, 1.165) is 5.57 Å². The molecule has 0 aromatic rings. The van der Waals surface area contributed by atoms with Crippen molar-refractivity contribution in [3.8, 4) is 0 Å². The lowest BCUT2D eigenvalue weighted by atomic mass is 9.97. The number of methoxy groups -OCH3 is 1. The lowest BCUT2D eigenvalue weighted by Gasteiger charge is -2.45. The number of aliphatic hydroxyl groups excluding tert-OH is 1. The molecule has 7 heteroatoms. The fraction of sp³-hybridized carbons (Fsp3) is 0.759. The van der Waals surface area contributed by atoms with Gasteiger partial charge in [-0.2, -0.15) is 0 Å². The van der Waals surface area contributed by atoms with Crippen LogP contribution in [-0.2, 0) is 18.4 Å². The molecule has 0 rings (SSSR count). The van der Waals surface area contributed by atoms with Gasteiger partial charge in [-0.05, 0) is 47.8 Å². The second-order valence-electron chi connectivity index (χ2n) is 12.5. The summed E-state index contributed by atoms with van der Waals surface area (Å²) in [6.07, 6.45) is 7.90. The maximum Gasteiger partial charge on any atom is 0.330 e. The van der Waals surface area contributed by atoms with Gasteiger partial charge in [-0.3, -0.25) is 0 Å². The lowest BCUT2D eigenvalue weighted by molar-refractivity contribution is -0.134. The highest BCUT2D eigenvalue weighted by molar-refractivity contribution is 6.77. The number of ether oxygens (including phenoxy) is 1. The van der Waals surface area contributed by atoms with Gasteiger partial charge >= 0.3 is 5.97 Å². The van der Waals surface area contributed by atoms with E-state index in [9.17, 15) is 9.90 Å². The van der Waals surface area contributed by atoms with Crippen LogP contribution in [-0.4, -0.2) is 53.6 Å². The minimum atomic E-state index is -2.21. The van der Waals surface area contributed by atoms with Gasteiger partial charge in [0.05, 0.1) is 25.9 Å². The van der Waals surface area contributed by atoms with Crippen LogP contribution in [0.25, 0.3) is 0 Å². The molecule has 0 saturated heterocycles. The molecule has 0 aliphatic heterocycles. The van der Waals surface area contributed by atoms with Gasteiger partial charge in [0.2, 0.25) is 8.32 Å². The lowest BCUT2D eigenvalue weighted by Crippen LogP contribution is -2.51. The Labute approximate surface area is 224 Å². The average Bonchev–Trinajstić information content (AvgIpc) is 2.75. The highest BCUT2D eigenvalue weighted by Crippen LogP contribution is 2.44. The molecular formula is C29H56O5Si2. The molecule has 0 aromatic carbocycles. The Bertz CT molecular complexity index is 738. The summed E-state index contributed by atoms with van der Waals surface area (Å²) in [5.41, 5.74) is 2.34. The highest BCUT2D eigenvalue weighted by Gasteiger charge is 2.47. The number of rotatable bonds is 14. The van der Waals surface area contributed by atoms with Gasteiger partial charge in [-0.1, -0.05) is 93.0 Å². The summed E-state index contributed by atoms with van der Waals surface area (Å²) in [7, 11) is -2.69. The Hall–Kier alpha value is -0.996. The topological polar surface area (TPSA) is 65.0 Å². The molecule has 0 aromatic heterocycles. The van der Waals surface area contributed by atoms with E-state index in [1.807, 2.05) is 6.92 Å². The van der Waals surface area contributed by atoms with Crippen molar-refractivity contribution in [2.75, 3.05) is 13.7 Å². The van der Waals surface area contributed by atoms with Crippen molar-refractivity contribution in [3.63, 3.8) is 0 Å². The van der Waals surface area contributed by atoms with E-state index < -0.39 is 28.7 Å². The Morgan fingerprint density at radius 3 is 1.83 bits per heavy atom. The zero-order valence-corrected chi connectivity index (χ0v) is 27.6. The normalized spacial score (nSPS) is 17.0. The number of hydrogen-bond donors (Lipinski definition) is 1. The fourth-order valence-electron chi connectivity index (χ4n) is 4.49. The van der Waals surface area contributed by atoms with Crippen LogP contribution < -0.4 is 0 Å². The third kappa shape index (κ3) is 10.0. The maximum atomic E-state index is 11.6. The molecule has 0 heterocycles. The fourth-order valence-corrected chi connectivity index (χ4v) is 11.0. The van der Waals surface area contributed by atoms with E-state index in [-0.39, 0.29) is 17.1 Å². The Balaban J connectivity index is 6.05. The molecule has 0 saturated carbocycles. The summed E-state index contributed by atoms with van der Waals surface area (Å²) >= 11 is 0. The number of carbonyl (C=O) groups excluding carboxylic acids is 1. The Kier molecular flexibility index (Phi) is 14.4. The van der Waals surface area contributed by atoms with Gasteiger partial charge in [0.1, 0.15) is 0 Å². The van der Waals surface area contributed by atoms with Crippen molar-refractivity contribution in [3.05, 3.63) is 36.0 Å². The van der Waals surface area contributed by atoms with Gasteiger partial charge in [0.25, 0.3) is 0 Å². The van der Waals surface area contributed by atoms with Gasteiger partial charge in [-0.15, -0.1) is 0 Å². The van der Waals surface area contributed by atoms with Crippen LogP contribution in [0, 0.1) is 5.92 Å². The third-order valence-corrected chi connectivity index (χ3v) is 18.5. The number of allylic oxidation sites excluding steroid dienone is 2. The largest absolute Gasteiger partial charge is 0.466 e. The molecule has 1 N–H and O–H groups in total. The van der Waals surface area contributed by atoms with E-state index in [1.165, 1.54) is 19.3 Å². The van der Waals surface area contributed by atoms with Crippen LogP contribution in [0.5, 0.6) is 0 Å². The van der Waals surface area contributed by atoms with E-state index in [4.69, 9.17) is 8.85 Å². The first-order chi connectivity index (χ1) is 16.3. The molecule has 0 aliphatic rings. The Morgan fingerprint density at radius 2 is 1.42 bits per heavy atom. The maximum absolute atomic E-state index is 11.6. The van der Waals surface area contributed by atoms with Crippen LogP contribution in [0.3, 0.4) is 0 Å². The number of aliphatic hydroxyl groups is 1. The van der Waals surface area contributed by atoms with Crippen molar-refractivity contribution < 1.29 is 23.5 Å². The number of esters is 1. The zero-order valence-electron chi connectivity index (χ0n) is 25.6. The van der Waals surface area contributed by atoms with Gasteiger partial charge < -0.3 is 18.7 Å².